The summed E-state index contributed by atoms with van der Waals surface area (Å²) >= 11 is 6.05. The highest BCUT2D eigenvalue weighted by molar-refractivity contribution is 6.32. The average Bonchev–Trinajstić information content (AvgIpc) is 2.63. The van der Waals surface area contributed by atoms with Crippen molar-refractivity contribution >= 4 is 17.3 Å². The fourth-order valence-corrected chi connectivity index (χ4v) is 2.66. The van der Waals surface area contributed by atoms with Crippen LogP contribution in [0.25, 0.3) is 0 Å². The standard InChI is InChI=1S/C15H17ClN4/c1-9(15-10(2)19-20(4)11(15)3)18-13-6-5-12(8-17)14(16)7-13/h5-7,9,18H,1-4H3. The molecule has 20 heavy (non-hydrogen) atoms. The van der Waals surface area contributed by atoms with Crippen LogP contribution in [0.4, 0.5) is 5.69 Å². The summed E-state index contributed by atoms with van der Waals surface area (Å²) in [6.45, 7) is 6.15. The van der Waals surface area contributed by atoms with E-state index in [9.17, 15) is 0 Å². The van der Waals surface area contributed by atoms with Crippen LogP contribution in [0.2, 0.25) is 5.02 Å². The Labute approximate surface area is 124 Å². The highest BCUT2D eigenvalue weighted by Crippen LogP contribution is 2.27. The maximum absolute atomic E-state index is 8.88. The van der Waals surface area contributed by atoms with Crippen molar-refractivity contribution in [2.45, 2.75) is 26.8 Å². The van der Waals surface area contributed by atoms with Gasteiger partial charge in [0.2, 0.25) is 0 Å². The Morgan fingerprint density at radius 3 is 2.60 bits per heavy atom. The lowest BCUT2D eigenvalue weighted by Gasteiger charge is -2.16. The molecule has 2 rings (SSSR count). The Morgan fingerprint density at radius 2 is 2.10 bits per heavy atom. The Hall–Kier alpha value is -1.99. The molecule has 1 aromatic heterocycles. The maximum Gasteiger partial charge on any atom is 0.101 e. The SMILES string of the molecule is Cc1nn(C)c(C)c1C(C)Nc1ccc(C#N)c(Cl)c1. The van der Waals surface area contributed by atoms with E-state index in [0.29, 0.717) is 10.6 Å². The van der Waals surface area contributed by atoms with Crippen LogP contribution in [0.1, 0.15) is 35.5 Å². The van der Waals surface area contributed by atoms with Gasteiger partial charge in [0.05, 0.1) is 22.3 Å². The van der Waals surface area contributed by atoms with Gasteiger partial charge in [-0.2, -0.15) is 10.4 Å². The molecule has 0 spiro atoms. The molecule has 0 aliphatic heterocycles. The molecule has 1 aromatic carbocycles. The molecule has 4 nitrogen and oxygen atoms in total. The molecule has 0 radical (unpaired) electrons. The molecule has 1 unspecified atom stereocenters. The molecule has 5 heteroatoms. The number of anilines is 1. The van der Waals surface area contributed by atoms with Crippen LogP contribution < -0.4 is 5.32 Å². The summed E-state index contributed by atoms with van der Waals surface area (Å²) in [6, 6.07) is 7.54. The van der Waals surface area contributed by atoms with Gasteiger partial charge in [0.25, 0.3) is 0 Å². The molecule has 1 heterocycles. The highest BCUT2D eigenvalue weighted by atomic mass is 35.5. The van der Waals surface area contributed by atoms with Crippen LogP contribution >= 0.6 is 11.6 Å². The van der Waals surface area contributed by atoms with Crippen molar-refractivity contribution in [1.29, 1.82) is 5.26 Å². The first kappa shape index (κ1) is 14.4. The van der Waals surface area contributed by atoms with Crippen LogP contribution in [-0.4, -0.2) is 9.78 Å². The lowest BCUT2D eigenvalue weighted by atomic mass is 10.1. The van der Waals surface area contributed by atoms with E-state index >= 15 is 0 Å². The molecule has 0 aliphatic rings. The van der Waals surface area contributed by atoms with Crippen LogP contribution in [0.15, 0.2) is 18.2 Å². The zero-order valence-corrected chi connectivity index (χ0v) is 12.8. The van der Waals surface area contributed by atoms with E-state index < -0.39 is 0 Å². The first-order valence-electron chi connectivity index (χ1n) is 6.40. The molecule has 1 atom stereocenters. The van der Waals surface area contributed by atoms with E-state index in [4.69, 9.17) is 16.9 Å². The minimum atomic E-state index is 0.118. The zero-order valence-electron chi connectivity index (χ0n) is 12.0. The second-order valence-corrected chi connectivity index (χ2v) is 5.29. The van der Waals surface area contributed by atoms with Gasteiger partial charge in [-0.1, -0.05) is 11.6 Å². The number of nitrogens with one attached hydrogen (secondary N) is 1. The van der Waals surface area contributed by atoms with E-state index in [1.807, 2.05) is 24.7 Å². The topological polar surface area (TPSA) is 53.6 Å². The van der Waals surface area contributed by atoms with Gasteiger partial charge in [-0.05, 0) is 39.0 Å². The second-order valence-electron chi connectivity index (χ2n) is 4.88. The smallest absolute Gasteiger partial charge is 0.101 e. The van der Waals surface area contributed by atoms with Gasteiger partial charge < -0.3 is 5.32 Å². The molecule has 2 aromatic rings. The Bertz CT molecular complexity index is 682. The van der Waals surface area contributed by atoms with Gasteiger partial charge in [-0.15, -0.1) is 0 Å². The maximum atomic E-state index is 8.88. The monoisotopic (exact) mass is 288 g/mol. The predicted octanol–water partition coefficient (Wildman–Crippen LogP) is 3.74. The summed E-state index contributed by atoms with van der Waals surface area (Å²) in [5.41, 5.74) is 4.72. The van der Waals surface area contributed by atoms with Crippen LogP contribution in [0.3, 0.4) is 0 Å². The summed E-state index contributed by atoms with van der Waals surface area (Å²) in [5, 5.41) is 17.2. The van der Waals surface area contributed by atoms with Crippen LogP contribution in [-0.2, 0) is 7.05 Å². The molecule has 0 fully saturated rings. The second kappa shape index (κ2) is 5.56. The molecule has 0 amide bonds. The normalized spacial score (nSPS) is 12.0. The summed E-state index contributed by atoms with van der Waals surface area (Å²) < 4.78 is 1.88. The first-order valence-corrected chi connectivity index (χ1v) is 6.78. The van der Waals surface area contributed by atoms with Gasteiger partial charge in [0.15, 0.2) is 0 Å². The van der Waals surface area contributed by atoms with E-state index in [1.54, 1.807) is 12.1 Å². The van der Waals surface area contributed by atoms with Crippen molar-refractivity contribution in [2.75, 3.05) is 5.32 Å². The van der Waals surface area contributed by atoms with E-state index in [-0.39, 0.29) is 6.04 Å². The lowest BCUT2D eigenvalue weighted by Crippen LogP contribution is -2.09. The summed E-state index contributed by atoms with van der Waals surface area (Å²) in [5.74, 6) is 0. The van der Waals surface area contributed by atoms with E-state index in [0.717, 1.165) is 17.1 Å². The number of aryl methyl sites for hydroxylation is 2. The minimum Gasteiger partial charge on any atom is -0.378 e. The van der Waals surface area contributed by atoms with Gasteiger partial charge in [0.1, 0.15) is 6.07 Å². The molecule has 0 bridgehead atoms. The van der Waals surface area contributed by atoms with Crippen molar-refractivity contribution in [3.05, 3.63) is 45.7 Å². The predicted molar refractivity (Wildman–Crippen MR) is 80.9 cm³/mol. The van der Waals surface area contributed by atoms with Crippen molar-refractivity contribution < 1.29 is 0 Å². The molecule has 104 valence electrons. The Morgan fingerprint density at radius 1 is 1.40 bits per heavy atom. The van der Waals surface area contributed by atoms with Gasteiger partial charge in [-0.3, -0.25) is 4.68 Å². The third-order valence-corrected chi connectivity index (χ3v) is 3.78. The molecule has 0 saturated heterocycles. The number of nitrogens with zero attached hydrogens (tertiary/aromatic N) is 3. The molecular formula is C15H17ClN4. The number of rotatable bonds is 3. The zero-order chi connectivity index (χ0) is 14.9. The number of benzene rings is 1. The van der Waals surface area contributed by atoms with E-state index in [2.05, 4.69) is 30.3 Å². The summed E-state index contributed by atoms with van der Waals surface area (Å²) in [4.78, 5) is 0. The van der Waals surface area contributed by atoms with Crippen molar-refractivity contribution in [2.24, 2.45) is 7.05 Å². The molecular weight excluding hydrogens is 272 g/mol. The fraction of sp³-hybridized carbons (Fsp3) is 0.333. The van der Waals surface area contributed by atoms with Gasteiger partial charge in [-0.25, -0.2) is 0 Å². The van der Waals surface area contributed by atoms with Crippen molar-refractivity contribution in [3.63, 3.8) is 0 Å². The quantitative estimate of drug-likeness (QED) is 0.936. The Balaban J connectivity index is 2.26. The molecule has 0 saturated carbocycles. The van der Waals surface area contributed by atoms with Crippen molar-refractivity contribution in [1.82, 2.24) is 9.78 Å². The van der Waals surface area contributed by atoms with Gasteiger partial charge >= 0.3 is 0 Å². The van der Waals surface area contributed by atoms with Crippen LogP contribution in [0, 0.1) is 25.2 Å². The van der Waals surface area contributed by atoms with Gasteiger partial charge in [0, 0.05) is 24.0 Å². The van der Waals surface area contributed by atoms with E-state index in [1.165, 1.54) is 5.56 Å². The Kier molecular flexibility index (Phi) is 4.01. The summed E-state index contributed by atoms with van der Waals surface area (Å²) in [6.07, 6.45) is 0. The molecule has 0 aliphatic carbocycles. The lowest BCUT2D eigenvalue weighted by molar-refractivity contribution is 0.728. The largest absolute Gasteiger partial charge is 0.378 e. The minimum absolute atomic E-state index is 0.118. The fourth-order valence-electron chi connectivity index (χ4n) is 2.43. The highest BCUT2D eigenvalue weighted by Gasteiger charge is 2.16. The number of aromatic nitrogens is 2. The number of hydrogen-bond donors (Lipinski definition) is 1. The number of hydrogen-bond acceptors (Lipinski definition) is 3. The van der Waals surface area contributed by atoms with Crippen molar-refractivity contribution in [3.8, 4) is 6.07 Å². The first-order chi connectivity index (χ1) is 9.43. The summed E-state index contributed by atoms with van der Waals surface area (Å²) in [7, 11) is 1.94. The number of halogens is 1. The van der Waals surface area contributed by atoms with Crippen LogP contribution in [0.5, 0.6) is 0 Å². The average molecular weight is 289 g/mol. The third-order valence-electron chi connectivity index (χ3n) is 3.47. The number of nitriles is 1. The third kappa shape index (κ3) is 2.63. The molecule has 1 N–H and O–H groups in total.